The van der Waals surface area contributed by atoms with Gasteiger partial charge in [0.25, 0.3) is 5.91 Å². The molecule has 0 saturated carbocycles. The highest BCUT2D eigenvalue weighted by Crippen LogP contribution is 2.18. The number of carbonyl (C=O) groups is 2. The Bertz CT molecular complexity index is 682. The number of primary amides is 1. The van der Waals surface area contributed by atoms with E-state index in [1.54, 1.807) is 4.90 Å². The van der Waals surface area contributed by atoms with Crippen LogP contribution in [-0.2, 0) is 4.79 Å². The first-order chi connectivity index (χ1) is 10.6. The molecule has 2 heterocycles. The van der Waals surface area contributed by atoms with Crippen LogP contribution < -0.4 is 5.73 Å². The summed E-state index contributed by atoms with van der Waals surface area (Å²) in [5.41, 5.74) is 6.40. The number of nitrogens with two attached hydrogens (primary N) is 1. The van der Waals surface area contributed by atoms with Crippen molar-refractivity contribution in [3.63, 3.8) is 0 Å². The number of amides is 2. The van der Waals surface area contributed by atoms with Crippen molar-refractivity contribution in [2.24, 2.45) is 11.7 Å². The third kappa shape index (κ3) is 2.83. The Morgan fingerprint density at radius 2 is 2.00 bits per heavy atom. The number of hydrogen-bond donors (Lipinski definition) is 1. The first-order valence-corrected chi connectivity index (χ1v) is 7.21. The fourth-order valence-electron chi connectivity index (χ4n) is 2.60. The summed E-state index contributed by atoms with van der Waals surface area (Å²) >= 11 is 0. The Balaban J connectivity index is 1.76. The van der Waals surface area contributed by atoms with Crippen LogP contribution in [0.5, 0.6) is 0 Å². The molecule has 22 heavy (non-hydrogen) atoms. The number of hydrogen-bond acceptors (Lipinski definition) is 4. The lowest BCUT2D eigenvalue weighted by atomic mass is 9.97. The molecular weight excluding hydrogens is 282 g/mol. The Morgan fingerprint density at radius 3 is 2.73 bits per heavy atom. The van der Waals surface area contributed by atoms with E-state index in [0.717, 1.165) is 18.5 Å². The molecule has 1 aliphatic rings. The standard InChI is InChI=1S/C15H17N5O2/c16-14(21)11-5-4-8-19(10-11)15(22)13-9-17-20(18-13)12-6-2-1-3-7-12/h1-3,6-7,9,11H,4-5,8,10H2,(H2,16,21). The Kier molecular flexibility index (Phi) is 3.86. The number of carbonyl (C=O) groups excluding carboxylic acids is 2. The molecule has 0 radical (unpaired) electrons. The molecule has 2 N–H and O–H groups in total. The largest absolute Gasteiger partial charge is 0.369 e. The van der Waals surface area contributed by atoms with E-state index >= 15 is 0 Å². The van der Waals surface area contributed by atoms with Crippen LogP contribution in [0, 0.1) is 5.92 Å². The summed E-state index contributed by atoms with van der Waals surface area (Å²) < 4.78 is 0. The molecule has 0 bridgehead atoms. The van der Waals surface area contributed by atoms with Crippen molar-refractivity contribution in [2.75, 3.05) is 13.1 Å². The first kappa shape index (κ1) is 14.2. The lowest BCUT2D eigenvalue weighted by Gasteiger charge is -2.30. The zero-order valence-electron chi connectivity index (χ0n) is 12.1. The minimum Gasteiger partial charge on any atom is -0.369 e. The van der Waals surface area contributed by atoms with Crippen molar-refractivity contribution in [2.45, 2.75) is 12.8 Å². The average Bonchev–Trinajstić information content (AvgIpc) is 3.05. The van der Waals surface area contributed by atoms with Crippen molar-refractivity contribution in [1.29, 1.82) is 0 Å². The maximum atomic E-state index is 12.5. The van der Waals surface area contributed by atoms with Gasteiger partial charge in [-0.25, -0.2) is 0 Å². The lowest BCUT2D eigenvalue weighted by molar-refractivity contribution is -0.123. The summed E-state index contributed by atoms with van der Waals surface area (Å²) in [5, 5.41) is 8.35. The van der Waals surface area contributed by atoms with Gasteiger partial charge in [0.1, 0.15) is 0 Å². The van der Waals surface area contributed by atoms with Crippen LogP contribution >= 0.6 is 0 Å². The molecule has 0 spiro atoms. The molecule has 1 aromatic carbocycles. The van der Waals surface area contributed by atoms with Gasteiger partial charge in [-0.3, -0.25) is 9.59 Å². The second-order valence-electron chi connectivity index (χ2n) is 5.35. The molecule has 7 nitrogen and oxygen atoms in total. The molecule has 114 valence electrons. The maximum absolute atomic E-state index is 12.5. The second-order valence-corrected chi connectivity index (χ2v) is 5.35. The molecule has 2 amide bonds. The number of piperidine rings is 1. The molecule has 1 atom stereocenters. The van der Waals surface area contributed by atoms with Crippen LogP contribution in [-0.4, -0.2) is 44.8 Å². The van der Waals surface area contributed by atoms with Crippen LogP contribution in [0.25, 0.3) is 5.69 Å². The summed E-state index contributed by atoms with van der Waals surface area (Å²) in [7, 11) is 0. The molecule has 7 heteroatoms. The minimum atomic E-state index is -0.356. The van der Waals surface area contributed by atoms with E-state index in [2.05, 4.69) is 10.2 Å². The highest BCUT2D eigenvalue weighted by molar-refractivity contribution is 5.92. The molecular formula is C15H17N5O2. The van der Waals surface area contributed by atoms with Gasteiger partial charge in [0.05, 0.1) is 17.8 Å². The third-order valence-corrected chi connectivity index (χ3v) is 3.81. The van der Waals surface area contributed by atoms with Crippen LogP contribution in [0.15, 0.2) is 36.5 Å². The van der Waals surface area contributed by atoms with Gasteiger partial charge in [0.15, 0.2) is 5.69 Å². The van der Waals surface area contributed by atoms with Crippen LogP contribution in [0.2, 0.25) is 0 Å². The number of aromatic nitrogens is 3. The maximum Gasteiger partial charge on any atom is 0.276 e. The third-order valence-electron chi connectivity index (χ3n) is 3.81. The van der Waals surface area contributed by atoms with Gasteiger partial charge in [-0.15, -0.1) is 5.10 Å². The smallest absolute Gasteiger partial charge is 0.276 e. The summed E-state index contributed by atoms with van der Waals surface area (Å²) in [6, 6.07) is 9.37. The van der Waals surface area contributed by atoms with E-state index < -0.39 is 0 Å². The second kappa shape index (κ2) is 5.97. The average molecular weight is 299 g/mol. The molecule has 2 aromatic rings. The molecule has 1 aliphatic heterocycles. The summed E-state index contributed by atoms with van der Waals surface area (Å²) in [6.45, 7) is 0.965. The van der Waals surface area contributed by atoms with Gasteiger partial charge in [-0.05, 0) is 25.0 Å². The van der Waals surface area contributed by atoms with E-state index in [4.69, 9.17) is 5.73 Å². The molecule has 0 aliphatic carbocycles. The number of benzene rings is 1. The fourth-order valence-corrected chi connectivity index (χ4v) is 2.60. The predicted octanol–water partition coefficient (Wildman–Crippen LogP) is 0.605. The predicted molar refractivity (Wildman–Crippen MR) is 79.2 cm³/mol. The highest BCUT2D eigenvalue weighted by Gasteiger charge is 2.28. The monoisotopic (exact) mass is 299 g/mol. The van der Waals surface area contributed by atoms with Gasteiger partial charge in [-0.1, -0.05) is 18.2 Å². The first-order valence-electron chi connectivity index (χ1n) is 7.21. The normalized spacial score (nSPS) is 18.2. The van der Waals surface area contributed by atoms with Crippen LogP contribution in [0.1, 0.15) is 23.3 Å². The molecule has 1 saturated heterocycles. The van der Waals surface area contributed by atoms with Crippen molar-refractivity contribution >= 4 is 11.8 Å². The number of nitrogens with zero attached hydrogens (tertiary/aromatic N) is 4. The van der Waals surface area contributed by atoms with Crippen LogP contribution in [0.4, 0.5) is 0 Å². The van der Waals surface area contributed by atoms with E-state index in [1.165, 1.54) is 11.0 Å². The lowest BCUT2D eigenvalue weighted by Crippen LogP contribution is -2.44. The summed E-state index contributed by atoms with van der Waals surface area (Å²) in [5.74, 6) is -0.847. The summed E-state index contributed by atoms with van der Waals surface area (Å²) in [6.07, 6.45) is 2.95. The molecule has 1 aromatic heterocycles. The fraction of sp³-hybridized carbons (Fsp3) is 0.333. The van der Waals surface area contributed by atoms with Crippen molar-refractivity contribution < 1.29 is 9.59 Å². The van der Waals surface area contributed by atoms with Gasteiger partial charge >= 0.3 is 0 Å². The Hall–Kier alpha value is -2.70. The molecule has 1 fully saturated rings. The SMILES string of the molecule is NC(=O)C1CCCN(C(=O)c2cnn(-c3ccccc3)n2)C1. The Morgan fingerprint density at radius 1 is 1.23 bits per heavy atom. The molecule has 3 rings (SSSR count). The topological polar surface area (TPSA) is 94.1 Å². The zero-order valence-corrected chi connectivity index (χ0v) is 12.1. The zero-order chi connectivity index (χ0) is 15.5. The van der Waals surface area contributed by atoms with Crippen molar-refractivity contribution in [3.8, 4) is 5.69 Å². The summed E-state index contributed by atoms with van der Waals surface area (Å²) in [4.78, 5) is 26.8. The van der Waals surface area contributed by atoms with E-state index in [-0.39, 0.29) is 23.4 Å². The Labute approximate surface area is 127 Å². The quantitative estimate of drug-likeness (QED) is 0.898. The number of rotatable bonds is 3. The highest BCUT2D eigenvalue weighted by atomic mass is 16.2. The minimum absolute atomic E-state index is 0.215. The number of likely N-dealkylation sites (tertiary alicyclic amines) is 1. The van der Waals surface area contributed by atoms with Gasteiger partial charge in [0.2, 0.25) is 5.91 Å². The van der Waals surface area contributed by atoms with E-state index in [0.29, 0.717) is 13.1 Å². The molecule has 1 unspecified atom stereocenters. The van der Waals surface area contributed by atoms with Crippen molar-refractivity contribution in [3.05, 3.63) is 42.2 Å². The van der Waals surface area contributed by atoms with E-state index in [1.807, 2.05) is 30.3 Å². The van der Waals surface area contributed by atoms with E-state index in [9.17, 15) is 9.59 Å². The van der Waals surface area contributed by atoms with Gasteiger partial charge in [-0.2, -0.15) is 9.90 Å². The van der Waals surface area contributed by atoms with Crippen LogP contribution in [0.3, 0.4) is 0 Å². The number of para-hydroxylation sites is 1. The van der Waals surface area contributed by atoms with Gasteiger partial charge < -0.3 is 10.6 Å². The van der Waals surface area contributed by atoms with Crippen molar-refractivity contribution in [1.82, 2.24) is 19.9 Å². The van der Waals surface area contributed by atoms with Gasteiger partial charge in [0, 0.05) is 13.1 Å².